The first-order chi connectivity index (χ1) is 9.97. The number of benzene rings is 1. The van der Waals surface area contributed by atoms with Gasteiger partial charge in [-0.25, -0.2) is 4.79 Å². The number of aromatic nitrogens is 1. The molecule has 2 N–H and O–H groups in total. The summed E-state index contributed by atoms with van der Waals surface area (Å²) in [4.78, 5) is 34.4. The smallest absolute Gasteiger partial charge is 0.335 e. The number of fused-ring (bicyclic) bond motifs is 1. The van der Waals surface area contributed by atoms with E-state index in [9.17, 15) is 14.4 Å². The van der Waals surface area contributed by atoms with E-state index in [1.54, 1.807) is 18.2 Å². The van der Waals surface area contributed by atoms with Crippen molar-refractivity contribution >= 4 is 28.7 Å². The van der Waals surface area contributed by atoms with Gasteiger partial charge < -0.3 is 9.67 Å². The molecule has 1 saturated heterocycles. The quantitative estimate of drug-likeness (QED) is 0.817. The molecule has 1 aliphatic heterocycles. The number of hydrogen-bond acceptors (Lipinski definition) is 3. The molecule has 2 amide bonds. The molecule has 2 aromatic rings. The van der Waals surface area contributed by atoms with E-state index in [2.05, 4.69) is 5.32 Å². The van der Waals surface area contributed by atoms with Gasteiger partial charge in [0.1, 0.15) is 0 Å². The Morgan fingerprint density at radius 2 is 2.14 bits per heavy atom. The van der Waals surface area contributed by atoms with Crippen molar-refractivity contribution in [3.05, 3.63) is 35.5 Å². The Morgan fingerprint density at radius 3 is 2.81 bits per heavy atom. The first-order valence-electron chi connectivity index (χ1n) is 6.63. The zero-order chi connectivity index (χ0) is 15.1. The highest BCUT2D eigenvalue weighted by molar-refractivity contribution is 6.03. The minimum absolute atomic E-state index is 0.183. The van der Waals surface area contributed by atoms with Crippen LogP contribution in [0, 0.1) is 0 Å². The van der Waals surface area contributed by atoms with Gasteiger partial charge in [0.25, 0.3) is 0 Å². The summed E-state index contributed by atoms with van der Waals surface area (Å²) in [6.07, 6.45) is 2.57. The van der Waals surface area contributed by atoms with E-state index in [0.717, 1.165) is 16.5 Å². The molecule has 0 radical (unpaired) electrons. The number of nitrogens with zero attached hydrogens (tertiary/aromatic N) is 1. The molecule has 0 spiro atoms. The molecule has 0 aliphatic carbocycles. The van der Waals surface area contributed by atoms with Crippen LogP contribution < -0.4 is 5.32 Å². The van der Waals surface area contributed by atoms with Gasteiger partial charge in [0.15, 0.2) is 0 Å². The van der Waals surface area contributed by atoms with Crippen LogP contribution >= 0.6 is 0 Å². The number of carbonyl (C=O) groups excluding carboxylic acids is 2. The van der Waals surface area contributed by atoms with Crippen LogP contribution in [0.25, 0.3) is 10.9 Å². The maximum absolute atomic E-state index is 12.0. The summed E-state index contributed by atoms with van der Waals surface area (Å²) in [7, 11) is 1.85. The highest BCUT2D eigenvalue weighted by Gasteiger charge is 2.30. The van der Waals surface area contributed by atoms with Gasteiger partial charge in [-0.3, -0.25) is 14.9 Å². The van der Waals surface area contributed by atoms with Gasteiger partial charge in [-0.15, -0.1) is 0 Å². The fourth-order valence-electron chi connectivity index (χ4n) is 2.82. The van der Waals surface area contributed by atoms with E-state index in [1.165, 1.54) is 0 Å². The summed E-state index contributed by atoms with van der Waals surface area (Å²) in [5, 5.41) is 12.2. The predicted molar refractivity (Wildman–Crippen MR) is 75.0 cm³/mol. The van der Waals surface area contributed by atoms with Crippen LogP contribution in [-0.4, -0.2) is 27.5 Å². The Labute approximate surface area is 120 Å². The molecule has 6 heteroatoms. The second kappa shape index (κ2) is 4.73. The number of aromatic carboxylic acids is 1. The van der Waals surface area contributed by atoms with Crippen LogP contribution in [-0.2, 0) is 16.6 Å². The molecule has 2 heterocycles. The number of rotatable bonds is 2. The number of nitrogens with one attached hydrogen (secondary N) is 1. The largest absolute Gasteiger partial charge is 0.478 e. The van der Waals surface area contributed by atoms with Gasteiger partial charge in [0, 0.05) is 30.6 Å². The van der Waals surface area contributed by atoms with Crippen molar-refractivity contribution in [2.75, 3.05) is 0 Å². The minimum Gasteiger partial charge on any atom is -0.478 e. The number of carboxylic acids is 1. The number of carbonyl (C=O) groups is 3. The van der Waals surface area contributed by atoms with Crippen LogP contribution in [0.1, 0.15) is 34.7 Å². The Morgan fingerprint density at radius 1 is 1.38 bits per heavy atom. The molecule has 1 fully saturated rings. The third-order valence-electron chi connectivity index (χ3n) is 3.88. The topological polar surface area (TPSA) is 88.4 Å². The van der Waals surface area contributed by atoms with Crippen molar-refractivity contribution in [3.8, 4) is 0 Å². The molecular weight excluding hydrogens is 272 g/mol. The Kier molecular flexibility index (Phi) is 3.01. The van der Waals surface area contributed by atoms with Gasteiger partial charge in [-0.05, 0) is 30.2 Å². The van der Waals surface area contributed by atoms with Crippen LogP contribution in [0.2, 0.25) is 0 Å². The monoisotopic (exact) mass is 286 g/mol. The average molecular weight is 286 g/mol. The van der Waals surface area contributed by atoms with Gasteiger partial charge in [0.2, 0.25) is 11.8 Å². The molecule has 1 unspecified atom stereocenters. The Balaban J connectivity index is 2.13. The van der Waals surface area contributed by atoms with Gasteiger partial charge in [0.05, 0.1) is 11.5 Å². The molecule has 21 heavy (non-hydrogen) atoms. The summed E-state index contributed by atoms with van der Waals surface area (Å²) in [6.45, 7) is 0. The summed E-state index contributed by atoms with van der Waals surface area (Å²) < 4.78 is 1.86. The van der Waals surface area contributed by atoms with Crippen LogP contribution in [0.3, 0.4) is 0 Å². The van der Waals surface area contributed by atoms with E-state index in [1.807, 2.05) is 17.8 Å². The number of aryl methyl sites for hydroxylation is 1. The molecule has 6 nitrogen and oxygen atoms in total. The first kappa shape index (κ1) is 13.4. The third-order valence-corrected chi connectivity index (χ3v) is 3.88. The van der Waals surface area contributed by atoms with Crippen molar-refractivity contribution in [1.82, 2.24) is 9.88 Å². The molecule has 1 aromatic heterocycles. The van der Waals surface area contributed by atoms with Crippen LogP contribution in [0.15, 0.2) is 24.4 Å². The standard InChI is InChI=1S/C15H14N2O4/c1-17-7-11(9-3-5-13(18)16-14(9)19)10-6-8(15(20)21)2-4-12(10)17/h2,4,6-7,9H,3,5H2,1H3,(H,20,21)(H,16,18,19). The Bertz CT molecular complexity index is 775. The number of amides is 2. The van der Waals surface area contributed by atoms with Crippen molar-refractivity contribution in [1.29, 1.82) is 0 Å². The maximum atomic E-state index is 12.0. The lowest BCUT2D eigenvalue weighted by Crippen LogP contribution is -2.39. The number of hydrogen-bond donors (Lipinski definition) is 2. The van der Waals surface area contributed by atoms with Crippen LogP contribution in [0.5, 0.6) is 0 Å². The molecule has 108 valence electrons. The summed E-state index contributed by atoms with van der Waals surface area (Å²) in [5.41, 5.74) is 1.81. The molecule has 0 bridgehead atoms. The van der Waals surface area contributed by atoms with Crippen LogP contribution in [0.4, 0.5) is 0 Å². The summed E-state index contributed by atoms with van der Waals surface area (Å²) >= 11 is 0. The lowest BCUT2D eigenvalue weighted by molar-refractivity contribution is -0.134. The van der Waals surface area contributed by atoms with Crippen molar-refractivity contribution < 1.29 is 19.5 Å². The molecule has 1 aromatic carbocycles. The molecule has 3 rings (SSSR count). The van der Waals surface area contributed by atoms with E-state index in [4.69, 9.17) is 5.11 Å². The lowest BCUT2D eigenvalue weighted by atomic mass is 9.90. The molecule has 0 saturated carbocycles. The normalized spacial score (nSPS) is 18.8. The van der Waals surface area contributed by atoms with E-state index < -0.39 is 11.9 Å². The van der Waals surface area contributed by atoms with Gasteiger partial charge >= 0.3 is 5.97 Å². The fraction of sp³-hybridized carbons (Fsp3) is 0.267. The highest BCUT2D eigenvalue weighted by atomic mass is 16.4. The third kappa shape index (κ3) is 2.18. The minimum atomic E-state index is -1.00. The van der Waals surface area contributed by atoms with E-state index in [-0.39, 0.29) is 17.4 Å². The van der Waals surface area contributed by atoms with Gasteiger partial charge in [-0.1, -0.05) is 0 Å². The Hall–Kier alpha value is -2.63. The second-order valence-corrected chi connectivity index (χ2v) is 5.24. The van der Waals surface area contributed by atoms with Crippen molar-refractivity contribution in [2.24, 2.45) is 7.05 Å². The zero-order valence-corrected chi connectivity index (χ0v) is 11.4. The fourth-order valence-corrected chi connectivity index (χ4v) is 2.82. The van der Waals surface area contributed by atoms with Gasteiger partial charge in [-0.2, -0.15) is 0 Å². The lowest BCUT2D eigenvalue weighted by Gasteiger charge is -2.20. The van der Waals surface area contributed by atoms with Crippen molar-refractivity contribution in [3.63, 3.8) is 0 Å². The summed E-state index contributed by atoms with van der Waals surface area (Å²) in [6, 6.07) is 4.85. The average Bonchev–Trinajstić information content (AvgIpc) is 2.75. The maximum Gasteiger partial charge on any atom is 0.335 e. The number of carboxylic acid groups (broad SMARTS) is 1. The molecular formula is C15H14N2O4. The second-order valence-electron chi connectivity index (χ2n) is 5.24. The van der Waals surface area contributed by atoms with E-state index >= 15 is 0 Å². The first-order valence-corrected chi connectivity index (χ1v) is 6.63. The molecule has 1 atom stereocenters. The predicted octanol–water partition coefficient (Wildman–Crippen LogP) is 1.40. The molecule has 1 aliphatic rings. The summed E-state index contributed by atoms with van der Waals surface area (Å²) in [5.74, 6) is -2.01. The SMILES string of the molecule is Cn1cc(C2CCC(=O)NC2=O)c2cc(C(=O)O)ccc21. The zero-order valence-electron chi connectivity index (χ0n) is 11.4. The number of imide groups is 1. The van der Waals surface area contributed by atoms with Crippen molar-refractivity contribution in [2.45, 2.75) is 18.8 Å². The number of piperidine rings is 1. The highest BCUT2D eigenvalue weighted by Crippen LogP contribution is 2.32. The van der Waals surface area contributed by atoms with E-state index in [0.29, 0.717) is 12.8 Å².